The predicted molar refractivity (Wildman–Crippen MR) is 73.4 cm³/mol. The molecule has 5 nitrogen and oxygen atoms in total. The summed E-state index contributed by atoms with van der Waals surface area (Å²) in [5, 5.41) is 2.57. The highest BCUT2D eigenvalue weighted by Crippen LogP contribution is 2.29. The molecule has 0 atom stereocenters. The second-order valence-electron chi connectivity index (χ2n) is 5.15. The van der Waals surface area contributed by atoms with E-state index in [0.29, 0.717) is 32.5 Å². The smallest absolute Gasteiger partial charge is 0.417 e. The number of likely N-dealkylation sites (N-methyl/N-ethyl adjacent to an activating group) is 1. The van der Waals surface area contributed by atoms with Gasteiger partial charge in [0.1, 0.15) is 6.10 Å². The molecule has 0 aliphatic carbocycles. The number of hydrogen-bond donors (Lipinski definition) is 1. The third-order valence-corrected chi connectivity index (χ3v) is 3.53. The van der Waals surface area contributed by atoms with E-state index in [1.54, 1.807) is 7.05 Å². The predicted octanol–water partition coefficient (Wildman–Crippen LogP) is 1.69. The summed E-state index contributed by atoms with van der Waals surface area (Å²) < 4.78 is 42.9. The van der Waals surface area contributed by atoms with Crippen molar-refractivity contribution in [3.05, 3.63) is 23.9 Å². The van der Waals surface area contributed by atoms with Crippen molar-refractivity contribution < 1.29 is 22.7 Å². The first-order valence-corrected chi connectivity index (χ1v) is 7.01. The molecular weight excluding hydrogens is 299 g/mol. The minimum absolute atomic E-state index is 0.0382. The molecule has 2 rings (SSSR count). The van der Waals surface area contributed by atoms with Crippen LogP contribution in [0.1, 0.15) is 18.4 Å². The molecule has 0 radical (unpaired) electrons. The fourth-order valence-corrected chi connectivity index (χ4v) is 2.26. The fourth-order valence-electron chi connectivity index (χ4n) is 2.26. The number of alkyl halides is 3. The van der Waals surface area contributed by atoms with Crippen LogP contribution in [-0.4, -0.2) is 48.6 Å². The third-order valence-electron chi connectivity index (χ3n) is 3.53. The summed E-state index contributed by atoms with van der Waals surface area (Å²) in [5.74, 6) is 0.154. The van der Waals surface area contributed by atoms with E-state index in [1.807, 2.05) is 4.90 Å². The fraction of sp³-hybridized carbons (Fsp3) is 0.571. The Labute approximate surface area is 126 Å². The van der Waals surface area contributed by atoms with Crippen LogP contribution in [0.4, 0.5) is 13.2 Å². The summed E-state index contributed by atoms with van der Waals surface area (Å²) >= 11 is 0. The van der Waals surface area contributed by atoms with Crippen LogP contribution < -0.4 is 10.1 Å². The SMILES string of the molecule is CNC(=O)CN1CCC(Oc2ccc(C(F)(F)F)cn2)CC1. The number of piperidine rings is 1. The number of nitrogens with one attached hydrogen (secondary N) is 1. The summed E-state index contributed by atoms with van der Waals surface area (Å²) in [6.07, 6.45) is -2.29. The number of ether oxygens (including phenoxy) is 1. The van der Waals surface area contributed by atoms with Crippen LogP contribution in [0.25, 0.3) is 0 Å². The molecule has 8 heteroatoms. The molecule has 1 amide bonds. The lowest BCUT2D eigenvalue weighted by Crippen LogP contribution is -2.43. The zero-order valence-corrected chi connectivity index (χ0v) is 12.2. The van der Waals surface area contributed by atoms with E-state index in [1.165, 1.54) is 6.07 Å². The summed E-state index contributed by atoms with van der Waals surface area (Å²) in [4.78, 5) is 17.0. The van der Waals surface area contributed by atoms with Crippen molar-refractivity contribution in [1.82, 2.24) is 15.2 Å². The number of pyridine rings is 1. The van der Waals surface area contributed by atoms with E-state index in [0.717, 1.165) is 12.3 Å². The Hall–Kier alpha value is -1.83. The van der Waals surface area contributed by atoms with Crippen LogP contribution in [0.3, 0.4) is 0 Å². The van der Waals surface area contributed by atoms with Gasteiger partial charge < -0.3 is 10.1 Å². The Morgan fingerprint density at radius 2 is 2.09 bits per heavy atom. The van der Waals surface area contributed by atoms with E-state index in [9.17, 15) is 18.0 Å². The lowest BCUT2D eigenvalue weighted by atomic mass is 10.1. The van der Waals surface area contributed by atoms with Gasteiger partial charge in [-0.2, -0.15) is 13.2 Å². The molecule has 1 aliphatic rings. The number of carbonyl (C=O) groups is 1. The van der Waals surface area contributed by atoms with E-state index < -0.39 is 11.7 Å². The average Bonchev–Trinajstić information content (AvgIpc) is 2.49. The van der Waals surface area contributed by atoms with Crippen molar-refractivity contribution >= 4 is 5.91 Å². The standard InChI is InChI=1S/C14H18F3N3O2/c1-18-12(21)9-20-6-4-11(5-7-20)22-13-3-2-10(8-19-13)14(15,16)17/h2-3,8,11H,4-7,9H2,1H3,(H,18,21). The van der Waals surface area contributed by atoms with Crippen LogP contribution in [0.2, 0.25) is 0 Å². The van der Waals surface area contributed by atoms with Gasteiger partial charge in [0.25, 0.3) is 0 Å². The molecule has 2 heterocycles. The van der Waals surface area contributed by atoms with Gasteiger partial charge in [-0.15, -0.1) is 0 Å². The van der Waals surface area contributed by atoms with E-state index in [2.05, 4.69) is 10.3 Å². The van der Waals surface area contributed by atoms with Gasteiger partial charge in [-0.25, -0.2) is 4.98 Å². The Morgan fingerprint density at radius 3 is 2.59 bits per heavy atom. The summed E-state index contributed by atoms with van der Waals surface area (Å²) in [6, 6.07) is 2.20. The van der Waals surface area contributed by atoms with Crippen molar-refractivity contribution in [2.24, 2.45) is 0 Å². The zero-order chi connectivity index (χ0) is 16.2. The van der Waals surface area contributed by atoms with Crippen LogP contribution >= 0.6 is 0 Å². The Balaban J connectivity index is 1.82. The first kappa shape index (κ1) is 16.5. The Bertz CT molecular complexity index is 497. The number of nitrogens with zero attached hydrogens (tertiary/aromatic N) is 2. The molecule has 1 fully saturated rings. The lowest BCUT2D eigenvalue weighted by Gasteiger charge is -2.31. The van der Waals surface area contributed by atoms with Crippen molar-refractivity contribution in [2.75, 3.05) is 26.7 Å². The van der Waals surface area contributed by atoms with Gasteiger partial charge in [0.05, 0.1) is 12.1 Å². The third kappa shape index (κ3) is 4.59. The van der Waals surface area contributed by atoms with Crippen LogP contribution in [0.15, 0.2) is 18.3 Å². The molecule has 1 aromatic rings. The molecule has 0 spiro atoms. The molecule has 22 heavy (non-hydrogen) atoms. The first-order valence-electron chi connectivity index (χ1n) is 7.01. The van der Waals surface area contributed by atoms with Crippen molar-refractivity contribution in [1.29, 1.82) is 0 Å². The summed E-state index contributed by atoms with van der Waals surface area (Å²) in [5.41, 5.74) is -0.791. The Kier molecular flexibility index (Phi) is 5.23. The number of aromatic nitrogens is 1. The number of carbonyl (C=O) groups excluding carboxylic acids is 1. The largest absolute Gasteiger partial charge is 0.474 e. The lowest BCUT2D eigenvalue weighted by molar-refractivity contribution is -0.137. The van der Waals surface area contributed by atoms with Gasteiger partial charge in [-0.3, -0.25) is 9.69 Å². The molecule has 0 unspecified atom stereocenters. The molecule has 0 saturated carbocycles. The highest BCUT2D eigenvalue weighted by Gasteiger charge is 2.31. The molecule has 122 valence electrons. The first-order chi connectivity index (χ1) is 10.4. The molecule has 1 saturated heterocycles. The molecular formula is C14H18F3N3O2. The summed E-state index contributed by atoms with van der Waals surface area (Å²) in [7, 11) is 1.59. The van der Waals surface area contributed by atoms with Gasteiger partial charge in [-0.1, -0.05) is 0 Å². The monoisotopic (exact) mass is 317 g/mol. The highest BCUT2D eigenvalue weighted by molar-refractivity contribution is 5.77. The van der Waals surface area contributed by atoms with Crippen molar-refractivity contribution in [3.63, 3.8) is 0 Å². The topological polar surface area (TPSA) is 54.5 Å². The molecule has 1 aliphatic heterocycles. The van der Waals surface area contributed by atoms with Crippen LogP contribution in [0.5, 0.6) is 5.88 Å². The zero-order valence-electron chi connectivity index (χ0n) is 12.2. The maximum Gasteiger partial charge on any atom is 0.417 e. The van der Waals surface area contributed by atoms with Crippen molar-refractivity contribution in [3.8, 4) is 5.88 Å². The number of amides is 1. The number of rotatable bonds is 4. The van der Waals surface area contributed by atoms with Gasteiger partial charge in [-0.05, 0) is 18.9 Å². The average molecular weight is 317 g/mol. The second-order valence-corrected chi connectivity index (χ2v) is 5.15. The van der Waals surface area contributed by atoms with E-state index in [4.69, 9.17) is 4.74 Å². The maximum absolute atomic E-state index is 12.4. The minimum Gasteiger partial charge on any atom is -0.474 e. The quantitative estimate of drug-likeness (QED) is 0.918. The van der Waals surface area contributed by atoms with Crippen LogP contribution in [-0.2, 0) is 11.0 Å². The van der Waals surface area contributed by atoms with E-state index in [-0.39, 0.29) is 17.9 Å². The van der Waals surface area contributed by atoms with Gasteiger partial charge in [0, 0.05) is 32.4 Å². The van der Waals surface area contributed by atoms with Gasteiger partial charge in [0.15, 0.2) is 0 Å². The molecule has 1 N–H and O–H groups in total. The maximum atomic E-state index is 12.4. The normalized spacial score (nSPS) is 17.3. The van der Waals surface area contributed by atoms with Crippen molar-refractivity contribution in [2.45, 2.75) is 25.1 Å². The highest BCUT2D eigenvalue weighted by atomic mass is 19.4. The number of likely N-dealkylation sites (tertiary alicyclic amines) is 1. The Morgan fingerprint density at radius 1 is 1.41 bits per heavy atom. The molecule has 0 bridgehead atoms. The summed E-state index contributed by atoms with van der Waals surface area (Å²) in [6.45, 7) is 1.76. The van der Waals surface area contributed by atoms with Gasteiger partial charge >= 0.3 is 6.18 Å². The number of halogens is 3. The van der Waals surface area contributed by atoms with Crippen LogP contribution in [0, 0.1) is 0 Å². The van der Waals surface area contributed by atoms with E-state index >= 15 is 0 Å². The molecule has 0 aromatic carbocycles. The van der Waals surface area contributed by atoms with Gasteiger partial charge in [0.2, 0.25) is 11.8 Å². The molecule has 1 aromatic heterocycles. The number of hydrogen-bond acceptors (Lipinski definition) is 4. The second kappa shape index (κ2) is 6.95. The minimum atomic E-state index is -4.39.